The van der Waals surface area contributed by atoms with Crippen molar-refractivity contribution in [2.75, 3.05) is 4.90 Å². The number of hydrogen-bond donors (Lipinski definition) is 1. The van der Waals surface area contributed by atoms with Crippen molar-refractivity contribution in [1.29, 1.82) is 0 Å². The second-order valence-corrected chi connectivity index (χ2v) is 6.57. The van der Waals surface area contributed by atoms with E-state index in [1.807, 2.05) is 37.3 Å². The number of anilines is 1. The molecule has 6 heteroatoms. The van der Waals surface area contributed by atoms with E-state index in [1.165, 1.54) is 4.90 Å². The lowest BCUT2D eigenvalue weighted by molar-refractivity contribution is -0.113. The maximum absolute atomic E-state index is 12.8. The maximum Gasteiger partial charge on any atom is 0.281 e. The van der Waals surface area contributed by atoms with E-state index in [4.69, 9.17) is 28.2 Å². The Morgan fingerprint density at radius 1 is 1.20 bits per heavy atom. The van der Waals surface area contributed by atoms with Gasteiger partial charge in [0.15, 0.2) is 5.11 Å². The van der Waals surface area contributed by atoms with Crippen molar-refractivity contribution in [3.63, 3.8) is 0 Å². The molecule has 1 amide bonds. The van der Waals surface area contributed by atoms with Gasteiger partial charge in [0, 0.05) is 16.5 Å². The predicted octanol–water partition coefficient (Wildman–Crippen LogP) is 4.66. The average molecular weight is 369 g/mol. The summed E-state index contributed by atoms with van der Waals surface area (Å²) in [5, 5.41) is 4.89. The van der Waals surface area contributed by atoms with Crippen LogP contribution in [-0.2, 0) is 4.79 Å². The van der Waals surface area contributed by atoms with E-state index in [0.29, 0.717) is 27.3 Å². The number of thiocarbonyl (C=S) groups is 1. The molecule has 1 saturated heterocycles. The number of carbonyl (C=O) groups is 1. The highest BCUT2D eigenvalue weighted by Crippen LogP contribution is 2.28. The number of halogens is 1. The number of amides is 1. The van der Waals surface area contributed by atoms with Gasteiger partial charge >= 0.3 is 0 Å². The van der Waals surface area contributed by atoms with Crippen molar-refractivity contribution in [1.82, 2.24) is 5.32 Å². The summed E-state index contributed by atoms with van der Waals surface area (Å²) in [6.07, 6.45) is 1.67. The summed E-state index contributed by atoms with van der Waals surface area (Å²) in [4.78, 5) is 14.3. The van der Waals surface area contributed by atoms with Gasteiger partial charge in [0.1, 0.15) is 17.0 Å². The van der Waals surface area contributed by atoms with Crippen LogP contribution in [0.15, 0.2) is 58.6 Å². The molecule has 2 heterocycles. The van der Waals surface area contributed by atoms with E-state index in [9.17, 15) is 4.79 Å². The second-order valence-electron chi connectivity index (χ2n) is 5.75. The SMILES string of the molecule is Cc1cc(Cl)ccc1N1C(=O)/C(=C\c2cc3ccccc3o2)NC1=S. The zero-order valence-corrected chi connectivity index (χ0v) is 14.8. The molecule has 0 spiro atoms. The standard InChI is InChI=1S/C19H13ClN2O2S/c1-11-8-13(20)6-7-16(11)22-18(23)15(21-19(22)25)10-14-9-12-4-2-3-5-17(12)24-14/h2-10H,1H3,(H,21,25)/b15-10+. The maximum atomic E-state index is 12.8. The average Bonchev–Trinajstić information content (AvgIpc) is 3.09. The third-order valence-corrected chi connectivity index (χ3v) is 4.53. The molecule has 1 aromatic heterocycles. The Kier molecular flexibility index (Phi) is 3.82. The summed E-state index contributed by atoms with van der Waals surface area (Å²) in [5.41, 5.74) is 2.72. The first-order valence-electron chi connectivity index (χ1n) is 7.65. The Balaban J connectivity index is 1.71. The smallest absolute Gasteiger partial charge is 0.281 e. The number of fused-ring (bicyclic) bond motifs is 1. The van der Waals surface area contributed by atoms with E-state index in [-0.39, 0.29) is 5.91 Å². The van der Waals surface area contributed by atoms with Gasteiger partial charge in [0.2, 0.25) is 0 Å². The molecule has 0 radical (unpaired) electrons. The minimum atomic E-state index is -0.226. The molecule has 1 aliphatic rings. The molecule has 4 rings (SSSR count). The van der Waals surface area contributed by atoms with Crippen molar-refractivity contribution in [2.45, 2.75) is 6.92 Å². The van der Waals surface area contributed by atoms with Gasteiger partial charge in [-0.25, -0.2) is 0 Å². The molecular weight excluding hydrogens is 356 g/mol. The number of benzene rings is 2. The fourth-order valence-corrected chi connectivity index (χ4v) is 3.36. The molecule has 25 heavy (non-hydrogen) atoms. The summed E-state index contributed by atoms with van der Waals surface area (Å²) in [5.74, 6) is 0.366. The number of carbonyl (C=O) groups excluding carboxylic acids is 1. The van der Waals surface area contributed by atoms with Crippen LogP contribution in [0.5, 0.6) is 0 Å². The molecule has 3 aromatic rings. The fourth-order valence-electron chi connectivity index (χ4n) is 2.84. The third-order valence-electron chi connectivity index (χ3n) is 4.01. The highest BCUT2D eigenvalue weighted by molar-refractivity contribution is 7.80. The summed E-state index contributed by atoms with van der Waals surface area (Å²) in [6, 6.07) is 14.9. The monoisotopic (exact) mass is 368 g/mol. The minimum absolute atomic E-state index is 0.226. The Morgan fingerprint density at radius 2 is 2.00 bits per heavy atom. The van der Waals surface area contributed by atoms with Gasteiger partial charge in [-0.15, -0.1) is 0 Å². The van der Waals surface area contributed by atoms with Crippen LogP contribution in [0, 0.1) is 6.92 Å². The first kappa shape index (κ1) is 15.9. The summed E-state index contributed by atoms with van der Waals surface area (Å²) >= 11 is 11.3. The number of rotatable bonds is 2. The number of hydrogen-bond acceptors (Lipinski definition) is 3. The lowest BCUT2D eigenvalue weighted by atomic mass is 10.2. The molecule has 0 bridgehead atoms. The highest BCUT2D eigenvalue weighted by Gasteiger charge is 2.33. The number of para-hydroxylation sites is 1. The van der Waals surface area contributed by atoms with Crippen LogP contribution < -0.4 is 10.2 Å². The number of nitrogens with zero attached hydrogens (tertiary/aromatic N) is 1. The lowest BCUT2D eigenvalue weighted by Crippen LogP contribution is -2.30. The summed E-state index contributed by atoms with van der Waals surface area (Å²) in [7, 11) is 0. The topological polar surface area (TPSA) is 45.5 Å². The molecule has 0 unspecified atom stereocenters. The quantitative estimate of drug-likeness (QED) is 0.528. The van der Waals surface area contributed by atoms with Crippen LogP contribution >= 0.6 is 23.8 Å². The van der Waals surface area contributed by atoms with E-state index < -0.39 is 0 Å². The van der Waals surface area contributed by atoms with E-state index >= 15 is 0 Å². The van der Waals surface area contributed by atoms with Crippen LogP contribution in [0.3, 0.4) is 0 Å². The Morgan fingerprint density at radius 3 is 2.76 bits per heavy atom. The molecule has 2 aromatic carbocycles. The molecule has 124 valence electrons. The van der Waals surface area contributed by atoms with Crippen LogP contribution in [0.1, 0.15) is 11.3 Å². The molecule has 0 saturated carbocycles. The van der Waals surface area contributed by atoms with Gasteiger partial charge in [-0.05, 0) is 55.0 Å². The minimum Gasteiger partial charge on any atom is -0.457 e. The van der Waals surface area contributed by atoms with E-state index in [1.54, 1.807) is 24.3 Å². The number of aryl methyl sites for hydroxylation is 1. The van der Waals surface area contributed by atoms with Crippen molar-refractivity contribution < 1.29 is 9.21 Å². The fraction of sp³-hybridized carbons (Fsp3) is 0.0526. The Bertz CT molecular complexity index is 1020. The van der Waals surface area contributed by atoms with Crippen molar-refractivity contribution in [3.8, 4) is 0 Å². The largest absolute Gasteiger partial charge is 0.457 e. The van der Waals surface area contributed by atoms with E-state index in [0.717, 1.165) is 16.5 Å². The van der Waals surface area contributed by atoms with Crippen molar-refractivity contribution in [2.24, 2.45) is 0 Å². The first-order chi connectivity index (χ1) is 12.0. The highest BCUT2D eigenvalue weighted by atomic mass is 35.5. The zero-order valence-electron chi connectivity index (χ0n) is 13.2. The number of nitrogens with one attached hydrogen (secondary N) is 1. The zero-order chi connectivity index (χ0) is 17.6. The molecule has 1 fully saturated rings. The van der Waals surface area contributed by atoms with Gasteiger partial charge in [-0.3, -0.25) is 9.69 Å². The summed E-state index contributed by atoms with van der Waals surface area (Å²) < 4.78 is 5.75. The molecule has 1 aliphatic heterocycles. The predicted molar refractivity (Wildman–Crippen MR) is 104 cm³/mol. The van der Waals surface area contributed by atoms with E-state index in [2.05, 4.69) is 5.32 Å². The van der Waals surface area contributed by atoms with Gasteiger partial charge in [0.05, 0.1) is 5.69 Å². The Labute approximate surface area is 154 Å². The molecule has 4 nitrogen and oxygen atoms in total. The van der Waals surface area contributed by atoms with Crippen molar-refractivity contribution >= 4 is 57.6 Å². The normalized spacial score (nSPS) is 16.1. The van der Waals surface area contributed by atoms with Crippen molar-refractivity contribution in [3.05, 3.63) is 70.6 Å². The number of furan rings is 1. The summed E-state index contributed by atoms with van der Waals surface area (Å²) in [6.45, 7) is 1.89. The van der Waals surface area contributed by atoms with Crippen LogP contribution in [0.2, 0.25) is 5.02 Å². The molecular formula is C19H13ClN2O2S. The van der Waals surface area contributed by atoms with Gasteiger partial charge < -0.3 is 9.73 Å². The van der Waals surface area contributed by atoms with Crippen LogP contribution in [0.25, 0.3) is 17.0 Å². The van der Waals surface area contributed by atoms with Gasteiger partial charge in [0.25, 0.3) is 5.91 Å². The van der Waals surface area contributed by atoms with Gasteiger partial charge in [-0.2, -0.15) is 0 Å². The molecule has 0 atom stereocenters. The molecule has 0 aliphatic carbocycles. The Hall–Kier alpha value is -2.63. The third kappa shape index (κ3) is 2.81. The molecule has 1 N–H and O–H groups in total. The van der Waals surface area contributed by atoms with Gasteiger partial charge in [-0.1, -0.05) is 29.8 Å². The van der Waals surface area contributed by atoms with Crippen LogP contribution in [-0.4, -0.2) is 11.0 Å². The first-order valence-corrected chi connectivity index (χ1v) is 8.43. The van der Waals surface area contributed by atoms with Crippen LogP contribution in [0.4, 0.5) is 5.69 Å². The second kappa shape index (κ2) is 6.02. The lowest BCUT2D eigenvalue weighted by Gasteiger charge is -2.16.